The highest BCUT2D eigenvalue weighted by Gasteiger charge is 2.10. The Morgan fingerprint density at radius 2 is 1.78 bits per heavy atom. The maximum atomic E-state index is 11.3. The number of amides is 1. The number of ether oxygens (including phenoxy) is 2. The zero-order valence-electron chi connectivity index (χ0n) is 9.92. The van der Waals surface area contributed by atoms with Gasteiger partial charge in [0, 0.05) is 0 Å². The molecule has 0 bridgehead atoms. The second-order valence-corrected chi connectivity index (χ2v) is 3.64. The molecule has 0 saturated carbocycles. The minimum absolute atomic E-state index is 0.297. The Labute approximate surface area is 105 Å². The second-order valence-electron chi connectivity index (χ2n) is 3.64. The molecule has 18 heavy (non-hydrogen) atoms. The van der Waals surface area contributed by atoms with Crippen molar-refractivity contribution in [3.63, 3.8) is 0 Å². The first-order valence-electron chi connectivity index (χ1n) is 5.41. The number of primary amides is 1. The molecule has 0 aliphatic carbocycles. The van der Waals surface area contributed by atoms with Crippen LogP contribution in [0.3, 0.4) is 0 Å². The molecular formula is C14H13NO3. The van der Waals surface area contributed by atoms with Crippen LogP contribution in [0.4, 0.5) is 0 Å². The van der Waals surface area contributed by atoms with E-state index in [1.807, 2.05) is 30.3 Å². The van der Waals surface area contributed by atoms with Crippen molar-refractivity contribution in [1.82, 2.24) is 0 Å². The van der Waals surface area contributed by atoms with E-state index in [0.29, 0.717) is 22.8 Å². The van der Waals surface area contributed by atoms with Crippen LogP contribution in [-0.2, 0) is 0 Å². The molecule has 2 aromatic carbocycles. The van der Waals surface area contributed by atoms with Crippen molar-refractivity contribution < 1.29 is 14.3 Å². The Morgan fingerprint density at radius 1 is 1.06 bits per heavy atom. The predicted molar refractivity (Wildman–Crippen MR) is 68.0 cm³/mol. The standard InChI is InChI=1S/C14H13NO3/c1-17-13-8-7-11(9-12(13)14(15)16)18-10-5-3-2-4-6-10/h2-9H,1H3,(H2,15,16). The van der Waals surface area contributed by atoms with Gasteiger partial charge in [-0.3, -0.25) is 4.79 Å². The number of carbonyl (C=O) groups is 1. The van der Waals surface area contributed by atoms with Crippen LogP contribution in [0.15, 0.2) is 48.5 Å². The van der Waals surface area contributed by atoms with Gasteiger partial charge in [-0.2, -0.15) is 0 Å². The minimum Gasteiger partial charge on any atom is -0.496 e. The molecule has 0 aliphatic heterocycles. The van der Waals surface area contributed by atoms with Gasteiger partial charge in [-0.15, -0.1) is 0 Å². The van der Waals surface area contributed by atoms with Crippen molar-refractivity contribution in [3.05, 3.63) is 54.1 Å². The zero-order valence-corrected chi connectivity index (χ0v) is 9.92. The first-order chi connectivity index (χ1) is 8.70. The highest BCUT2D eigenvalue weighted by atomic mass is 16.5. The van der Waals surface area contributed by atoms with Gasteiger partial charge in [-0.25, -0.2) is 0 Å². The molecule has 2 rings (SSSR count). The molecular weight excluding hydrogens is 230 g/mol. The van der Waals surface area contributed by atoms with E-state index in [0.717, 1.165) is 0 Å². The molecule has 0 aliphatic rings. The van der Waals surface area contributed by atoms with Crippen molar-refractivity contribution in [1.29, 1.82) is 0 Å². The first-order valence-corrected chi connectivity index (χ1v) is 5.41. The van der Waals surface area contributed by atoms with Gasteiger partial charge in [-0.05, 0) is 30.3 Å². The van der Waals surface area contributed by atoms with Gasteiger partial charge in [0.1, 0.15) is 17.2 Å². The van der Waals surface area contributed by atoms with Crippen LogP contribution < -0.4 is 15.2 Å². The van der Waals surface area contributed by atoms with Crippen molar-refractivity contribution in [3.8, 4) is 17.2 Å². The maximum Gasteiger partial charge on any atom is 0.252 e. The molecule has 92 valence electrons. The summed E-state index contributed by atoms with van der Waals surface area (Å²) in [6.07, 6.45) is 0. The van der Waals surface area contributed by atoms with Gasteiger partial charge in [-0.1, -0.05) is 18.2 Å². The number of hydrogen-bond donors (Lipinski definition) is 1. The van der Waals surface area contributed by atoms with Crippen LogP contribution in [0, 0.1) is 0 Å². The zero-order chi connectivity index (χ0) is 13.0. The second kappa shape index (κ2) is 5.23. The third-order valence-electron chi connectivity index (χ3n) is 2.42. The summed E-state index contributed by atoms with van der Waals surface area (Å²) in [6, 6.07) is 14.2. The third kappa shape index (κ3) is 2.60. The monoisotopic (exact) mass is 243 g/mol. The SMILES string of the molecule is COc1ccc(Oc2ccccc2)cc1C(N)=O. The third-order valence-corrected chi connectivity index (χ3v) is 2.42. The molecule has 0 heterocycles. The molecule has 1 amide bonds. The van der Waals surface area contributed by atoms with E-state index in [9.17, 15) is 4.79 Å². The molecule has 4 heteroatoms. The lowest BCUT2D eigenvalue weighted by molar-refractivity contribution is 0.0997. The van der Waals surface area contributed by atoms with E-state index in [2.05, 4.69) is 0 Å². The van der Waals surface area contributed by atoms with Gasteiger partial charge in [0.25, 0.3) is 5.91 Å². The molecule has 0 atom stereocenters. The predicted octanol–water partition coefficient (Wildman–Crippen LogP) is 2.59. The molecule has 0 fully saturated rings. The quantitative estimate of drug-likeness (QED) is 0.897. The fraction of sp³-hybridized carbons (Fsp3) is 0.0714. The summed E-state index contributed by atoms with van der Waals surface area (Å²) >= 11 is 0. The smallest absolute Gasteiger partial charge is 0.252 e. The van der Waals surface area contributed by atoms with E-state index in [1.165, 1.54) is 7.11 Å². The topological polar surface area (TPSA) is 61.6 Å². The van der Waals surface area contributed by atoms with Gasteiger partial charge in [0.2, 0.25) is 0 Å². The molecule has 0 aromatic heterocycles. The van der Waals surface area contributed by atoms with Gasteiger partial charge in [0.05, 0.1) is 12.7 Å². The molecule has 0 radical (unpaired) electrons. The van der Waals surface area contributed by atoms with Crippen LogP contribution >= 0.6 is 0 Å². The summed E-state index contributed by atoms with van der Waals surface area (Å²) in [4.78, 5) is 11.3. The van der Waals surface area contributed by atoms with Crippen LogP contribution in [0.1, 0.15) is 10.4 Å². The van der Waals surface area contributed by atoms with Gasteiger partial charge in [0.15, 0.2) is 0 Å². The molecule has 4 nitrogen and oxygen atoms in total. The number of benzene rings is 2. The fourth-order valence-corrected chi connectivity index (χ4v) is 1.57. The summed E-state index contributed by atoms with van der Waals surface area (Å²) in [6.45, 7) is 0. The van der Waals surface area contributed by atoms with Crippen LogP contribution in [0.25, 0.3) is 0 Å². The first kappa shape index (κ1) is 12.0. The number of hydrogen-bond acceptors (Lipinski definition) is 3. The van der Waals surface area contributed by atoms with Crippen LogP contribution in [-0.4, -0.2) is 13.0 Å². The van der Waals surface area contributed by atoms with E-state index in [1.54, 1.807) is 18.2 Å². The Bertz CT molecular complexity index is 552. The summed E-state index contributed by atoms with van der Waals surface area (Å²) in [5.41, 5.74) is 5.58. The van der Waals surface area contributed by atoms with Crippen molar-refractivity contribution in [2.75, 3.05) is 7.11 Å². The Balaban J connectivity index is 2.30. The lowest BCUT2D eigenvalue weighted by Gasteiger charge is -2.09. The summed E-state index contributed by atoms with van der Waals surface area (Å²) in [5.74, 6) is 1.11. The molecule has 0 unspecified atom stereocenters. The average Bonchev–Trinajstić information content (AvgIpc) is 2.40. The van der Waals surface area contributed by atoms with E-state index in [-0.39, 0.29) is 0 Å². The normalized spacial score (nSPS) is 9.83. The number of rotatable bonds is 4. The van der Waals surface area contributed by atoms with Gasteiger partial charge < -0.3 is 15.2 Å². The van der Waals surface area contributed by atoms with Gasteiger partial charge >= 0.3 is 0 Å². The van der Waals surface area contributed by atoms with E-state index in [4.69, 9.17) is 15.2 Å². The van der Waals surface area contributed by atoms with E-state index < -0.39 is 5.91 Å². The van der Waals surface area contributed by atoms with E-state index >= 15 is 0 Å². The average molecular weight is 243 g/mol. The Morgan fingerprint density at radius 3 is 2.39 bits per heavy atom. The number of para-hydroxylation sites is 1. The Hall–Kier alpha value is -2.49. The number of nitrogens with two attached hydrogens (primary N) is 1. The summed E-state index contributed by atoms with van der Waals surface area (Å²) in [5, 5.41) is 0. The molecule has 0 saturated heterocycles. The molecule has 2 aromatic rings. The number of carbonyl (C=O) groups excluding carboxylic acids is 1. The Kier molecular flexibility index (Phi) is 3.48. The van der Waals surface area contributed by atoms with Crippen LogP contribution in [0.2, 0.25) is 0 Å². The van der Waals surface area contributed by atoms with Crippen LogP contribution in [0.5, 0.6) is 17.2 Å². The maximum absolute atomic E-state index is 11.3. The van der Waals surface area contributed by atoms with Crippen molar-refractivity contribution in [2.24, 2.45) is 5.73 Å². The van der Waals surface area contributed by atoms with Crippen molar-refractivity contribution >= 4 is 5.91 Å². The minimum atomic E-state index is -0.551. The number of methoxy groups -OCH3 is 1. The molecule has 2 N–H and O–H groups in total. The highest BCUT2D eigenvalue weighted by Crippen LogP contribution is 2.27. The largest absolute Gasteiger partial charge is 0.496 e. The lowest BCUT2D eigenvalue weighted by Crippen LogP contribution is -2.12. The fourth-order valence-electron chi connectivity index (χ4n) is 1.57. The molecule has 0 spiro atoms. The lowest BCUT2D eigenvalue weighted by atomic mass is 10.2. The summed E-state index contributed by atoms with van der Waals surface area (Å²) < 4.78 is 10.7. The highest BCUT2D eigenvalue weighted by molar-refractivity contribution is 5.96. The summed E-state index contributed by atoms with van der Waals surface area (Å²) in [7, 11) is 1.49. The van der Waals surface area contributed by atoms with Crippen molar-refractivity contribution in [2.45, 2.75) is 0 Å².